The molecule has 1 fully saturated rings. The Balaban J connectivity index is 2.21. The average molecular weight is 304 g/mol. The van der Waals surface area contributed by atoms with Crippen LogP contribution < -0.4 is 0 Å². The molecule has 0 radical (unpaired) electrons. The molecule has 2 rings (SSSR count). The van der Waals surface area contributed by atoms with Crippen molar-refractivity contribution in [3.63, 3.8) is 0 Å². The smallest absolute Gasteiger partial charge is 0.0948 e. The lowest BCUT2D eigenvalue weighted by Gasteiger charge is -2.20. The van der Waals surface area contributed by atoms with Gasteiger partial charge in [0.1, 0.15) is 0 Å². The number of hydrogen-bond donors (Lipinski definition) is 1. The van der Waals surface area contributed by atoms with Gasteiger partial charge in [0, 0.05) is 6.42 Å². The van der Waals surface area contributed by atoms with Crippen molar-refractivity contribution in [3.8, 4) is 0 Å². The van der Waals surface area contributed by atoms with Gasteiger partial charge in [-0.3, -0.25) is 0 Å². The van der Waals surface area contributed by atoms with Crippen molar-refractivity contribution < 1.29 is 9.84 Å². The van der Waals surface area contributed by atoms with E-state index in [-0.39, 0.29) is 5.60 Å². The number of epoxide rings is 1. The maximum Gasteiger partial charge on any atom is 0.0948 e. The van der Waals surface area contributed by atoms with Crippen molar-refractivity contribution in [2.75, 3.05) is 0 Å². The summed E-state index contributed by atoms with van der Waals surface area (Å²) in [5.41, 5.74) is 3.81. The number of aliphatic hydroxyl groups is 1. The predicted octanol–water partition coefficient (Wildman–Crippen LogP) is 4.94. The Kier molecular flexibility index (Phi) is 5.68. The Morgan fingerprint density at radius 1 is 1.18 bits per heavy atom. The zero-order valence-electron chi connectivity index (χ0n) is 14.9. The van der Waals surface area contributed by atoms with Crippen molar-refractivity contribution in [1.29, 1.82) is 0 Å². The van der Waals surface area contributed by atoms with Gasteiger partial charge >= 0.3 is 0 Å². The summed E-state index contributed by atoms with van der Waals surface area (Å²) in [7, 11) is 0. The molecule has 0 amide bonds. The molecule has 1 aliphatic carbocycles. The number of allylic oxidation sites excluding steroid dienone is 5. The maximum absolute atomic E-state index is 10.7. The summed E-state index contributed by atoms with van der Waals surface area (Å²) in [6, 6.07) is 0. The summed E-state index contributed by atoms with van der Waals surface area (Å²) in [6.45, 7) is 10.8. The molecule has 1 saturated heterocycles. The first-order valence-electron chi connectivity index (χ1n) is 8.70. The second kappa shape index (κ2) is 7.14. The van der Waals surface area contributed by atoms with E-state index in [9.17, 15) is 5.11 Å². The van der Waals surface area contributed by atoms with Crippen LogP contribution in [0.2, 0.25) is 0 Å². The van der Waals surface area contributed by atoms with E-state index in [1.165, 1.54) is 11.1 Å². The molecular formula is C20H32O2. The van der Waals surface area contributed by atoms with E-state index in [2.05, 4.69) is 52.8 Å². The monoisotopic (exact) mass is 304 g/mol. The second-order valence-electron chi connectivity index (χ2n) is 7.60. The molecule has 2 aliphatic rings. The third-order valence-corrected chi connectivity index (χ3v) is 5.08. The van der Waals surface area contributed by atoms with Gasteiger partial charge in [0.25, 0.3) is 0 Å². The van der Waals surface area contributed by atoms with Crippen LogP contribution in [0.15, 0.2) is 34.9 Å². The fourth-order valence-electron chi connectivity index (χ4n) is 3.35. The molecule has 2 heteroatoms. The molecule has 0 aromatic rings. The largest absolute Gasteiger partial charge is 0.389 e. The molecule has 1 N–H and O–H groups in total. The van der Waals surface area contributed by atoms with Gasteiger partial charge in [0.05, 0.1) is 17.8 Å². The summed E-state index contributed by atoms with van der Waals surface area (Å²) in [5.74, 6) is 0.356. The van der Waals surface area contributed by atoms with Crippen molar-refractivity contribution in [1.82, 2.24) is 0 Å². The maximum atomic E-state index is 10.7. The second-order valence-corrected chi connectivity index (χ2v) is 7.60. The molecule has 22 heavy (non-hydrogen) atoms. The van der Waals surface area contributed by atoms with Crippen LogP contribution in [0.5, 0.6) is 0 Å². The highest BCUT2D eigenvalue weighted by Crippen LogP contribution is 2.44. The number of hydrogen-bond acceptors (Lipinski definition) is 2. The fourth-order valence-corrected chi connectivity index (χ4v) is 3.35. The van der Waals surface area contributed by atoms with Gasteiger partial charge in [0.2, 0.25) is 0 Å². The Labute approximate surface area is 136 Å². The highest BCUT2D eigenvalue weighted by Gasteiger charge is 2.52. The summed E-state index contributed by atoms with van der Waals surface area (Å²) in [4.78, 5) is 0. The van der Waals surface area contributed by atoms with Crippen molar-refractivity contribution >= 4 is 0 Å². The summed E-state index contributed by atoms with van der Waals surface area (Å²) < 4.78 is 5.92. The number of ether oxygens (including phenoxy) is 1. The first kappa shape index (κ1) is 17.5. The van der Waals surface area contributed by atoms with Crippen LogP contribution in [0, 0.1) is 5.92 Å². The third-order valence-electron chi connectivity index (χ3n) is 5.08. The van der Waals surface area contributed by atoms with Crippen LogP contribution in [-0.2, 0) is 4.74 Å². The molecule has 2 nitrogen and oxygen atoms in total. The highest BCUT2D eigenvalue weighted by molar-refractivity contribution is 5.23. The predicted molar refractivity (Wildman–Crippen MR) is 92.8 cm³/mol. The molecule has 0 saturated carbocycles. The van der Waals surface area contributed by atoms with Gasteiger partial charge in [-0.05, 0) is 57.9 Å². The van der Waals surface area contributed by atoms with Gasteiger partial charge in [-0.15, -0.1) is 0 Å². The molecule has 124 valence electrons. The fraction of sp³-hybridized carbons (Fsp3) is 0.700. The van der Waals surface area contributed by atoms with E-state index in [1.807, 2.05) is 0 Å². The first-order valence-corrected chi connectivity index (χ1v) is 8.70. The third kappa shape index (κ3) is 4.57. The van der Waals surface area contributed by atoms with Crippen LogP contribution in [-0.4, -0.2) is 22.9 Å². The minimum absolute atomic E-state index is 0.142. The summed E-state index contributed by atoms with van der Waals surface area (Å²) >= 11 is 0. The number of rotatable bonds is 1. The van der Waals surface area contributed by atoms with Crippen LogP contribution in [0.4, 0.5) is 0 Å². The topological polar surface area (TPSA) is 32.8 Å². The van der Waals surface area contributed by atoms with Gasteiger partial charge in [-0.1, -0.05) is 43.2 Å². The minimum atomic E-state index is -0.404. The number of aliphatic hydroxyl groups excluding tert-OH is 1. The van der Waals surface area contributed by atoms with Crippen LogP contribution >= 0.6 is 0 Å². The summed E-state index contributed by atoms with van der Waals surface area (Å²) in [6.07, 6.45) is 11.7. The van der Waals surface area contributed by atoms with Gasteiger partial charge in [-0.2, -0.15) is 0 Å². The van der Waals surface area contributed by atoms with Crippen LogP contribution in [0.1, 0.15) is 66.7 Å². The van der Waals surface area contributed by atoms with E-state index < -0.39 is 6.10 Å². The standard InChI is InChI=1S/C20H32O2/c1-14(2)17-11-9-15(3)7-6-8-16(4)10-12-19-20(5,22-19)13-18(17)21/h8-9,11,14,18-19,21H,6-7,10,12-13H2,1-5H3/b15-9+,16-8+,17-11-/t18-,19-,20+/m0/s1. The lowest BCUT2D eigenvalue weighted by molar-refractivity contribution is 0.151. The number of fused-ring (bicyclic) bond motifs is 1. The Hall–Kier alpha value is -0.860. The van der Waals surface area contributed by atoms with E-state index in [0.717, 1.165) is 31.3 Å². The van der Waals surface area contributed by atoms with E-state index in [0.29, 0.717) is 18.4 Å². The minimum Gasteiger partial charge on any atom is -0.389 e. The highest BCUT2D eigenvalue weighted by atomic mass is 16.6. The van der Waals surface area contributed by atoms with Crippen LogP contribution in [0.3, 0.4) is 0 Å². The Morgan fingerprint density at radius 2 is 1.91 bits per heavy atom. The SMILES string of the molecule is C/C1=C\C=C(\C(C)C)[C@@H](O)C[C@@]2(C)O[C@H]2CC/C(C)=C/CC1. The normalized spacial score (nSPS) is 41.3. The van der Waals surface area contributed by atoms with E-state index in [1.54, 1.807) is 0 Å². The lowest BCUT2D eigenvalue weighted by Crippen LogP contribution is -2.24. The first-order chi connectivity index (χ1) is 10.3. The molecule has 0 aromatic heterocycles. The molecule has 0 bridgehead atoms. The van der Waals surface area contributed by atoms with Gasteiger partial charge < -0.3 is 9.84 Å². The molecule has 0 aromatic carbocycles. The lowest BCUT2D eigenvalue weighted by atomic mass is 9.88. The summed E-state index contributed by atoms with van der Waals surface area (Å²) in [5, 5.41) is 10.7. The van der Waals surface area contributed by atoms with Crippen molar-refractivity contribution in [2.24, 2.45) is 5.92 Å². The van der Waals surface area contributed by atoms with E-state index in [4.69, 9.17) is 4.74 Å². The quantitative estimate of drug-likeness (QED) is 0.549. The zero-order chi connectivity index (χ0) is 16.3. The molecule has 0 spiro atoms. The molecule has 0 unspecified atom stereocenters. The molecule has 1 heterocycles. The average Bonchev–Trinajstić information content (AvgIpc) is 3.05. The van der Waals surface area contributed by atoms with Gasteiger partial charge in [-0.25, -0.2) is 0 Å². The van der Waals surface area contributed by atoms with Crippen molar-refractivity contribution in [3.05, 3.63) is 34.9 Å². The molecular weight excluding hydrogens is 272 g/mol. The van der Waals surface area contributed by atoms with E-state index >= 15 is 0 Å². The molecule has 1 aliphatic heterocycles. The van der Waals surface area contributed by atoms with Crippen LogP contribution in [0.25, 0.3) is 0 Å². The Morgan fingerprint density at radius 3 is 2.59 bits per heavy atom. The van der Waals surface area contributed by atoms with Gasteiger partial charge in [0.15, 0.2) is 0 Å². The van der Waals surface area contributed by atoms with Crippen molar-refractivity contribution in [2.45, 2.75) is 84.5 Å². The Bertz CT molecular complexity index is 484. The zero-order valence-corrected chi connectivity index (χ0v) is 14.9. The molecule has 3 atom stereocenters.